The van der Waals surface area contributed by atoms with Crippen molar-refractivity contribution < 1.29 is 9.90 Å². The van der Waals surface area contributed by atoms with Gasteiger partial charge >= 0.3 is 0 Å². The molecule has 122 valence electrons. The Morgan fingerprint density at radius 3 is 2.78 bits per heavy atom. The number of amides is 1. The lowest BCUT2D eigenvalue weighted by atomic mass is 9.91. The Morgan fingerprint density at radius 2 is 2.13 bits per heavy atom. The van der Waals surface area contributed by atoms with E-state index in [2.05, 4.69) is 4.98 Å². The number of imidazole rings is 1. The second-order valence-corrected chi connectivity index (χ2v) is 6.44. The summed E-state index contributed by atoms with van der Waals surface area (Å²) in [6.07, 6.45) is 4.61. The van der Waals surface area contributed by atoms with Gasteiger partial charge in [-0.2, -0.15) is 0 Å². The molecule has 1 aliphatic heterocycles. The van der Waals surface area contributed by atoms with Gasteiger partial charge in [0.05, 0.1) is 0 Å². The van der Waals surface area contributed by atoms with Gasteiger partial charge in [-0.25, -0.2) is 4.98 Å². The maximum Gasteiger partial charge on any atom is 0.253 e. The number of likely N-dealkylation sites (tertiary alicyclic amines) is 1. The van der Waals surface area contributed by atoms with Crippen LogP contribution >= 0.6 is 11.6 Å². The third kappa shape index (κ3) is 3.41. The van der Waals surface area contributed by atoms with Crippen molar-refractivity contribution in [1.82, 2.24) is 14.5 Å². The maximum absolute atomic E-state index is 12.6. The number of aryl methyl sites for hydroxylation is 1. The van der Waals surface area contributed by atoms with Crippen molar-refractivity contribution in [3.8, 4) is 0 Å². The largest absolute Gasteiger partial charge is 0.385 e. The summed E-state index contributed by atoms with van der Waals surface area (Å²) >= 11 is 5.87. The molecule has 23 heavy (non-hydrogen) atoms. The molecule has 1 aromatic carbocycles. The molecular weight excluding hydrogens is 314 g/mol. The van der Waals surface area contributed by atoms with Crippen molar-refractivity contribution in [2.75, 3.05) is 13.1 Å². The first kappa shape index (κ1) is 16.0. The summed E-state index contributed by atoms with van der Waals surface area (Å²) in [5.74, 6) is 0.635. The van der Waals surface area contributed by atoms with E-state index in [4.69, 9.17) is 11.6 Å². The van der Waals surface area contributed by atoms with E-state index >= 15 is 0 Å². The zero-order valence-electron chi connectivity index (χ0n) is 13.0. The Bertz CT molecular complexity index is 683. The normalized spacial score (nSPS) is 19.6. The van der Waals surface area contributed by atoms with E-state index in [1.54, 1.807) is 30.5 Å². The molecule has 1 N–H and O–H groups in total. The van der Waals surface area contributed by atoms with Crippen LogP contribution in [0.1, 0.15) is 35.1 Å². The lowest BCUT2D eigenvalue weighted by Crippen LogP contribution is -2.42. The number of carbonyl (C=O) groups is 1. The molecule has 1 aliphatic rings. The molecule has 6 heteroatoms. The molecule has 2 atom stereocenters. The monoisotopic (exact) mass is 333 g/mol. The van der Waals surface area contributed by atoms with Gasteiger partial charge in [-0.15, -0.1) is 0 Å². The number of halogens is 1. The Kier molecular flexibility index (Phi) is 4.68. The van der Waals surface area contributed by atoms with Crippen LogP contribution in [0.2, 0.25) is 5.02 Å². The fourth-order valence-electron chi connectivity index (χ4n) is 3.10. The maximum atomic E-state index is 12.6. The van der Waals surface area contributed by atoms with E-state index in [9.17, 15) is 9.90 Å². The number of aliphatic hydroxyl groups excluding tert-OH is 1. The molecule has 0 aliphatic carbocycles. The Labute approximate surface area is 140 Å². The molecule has 5 nitrogen and oxygen atoms in total. The molecule has 2 heterocycles. The molecule has 0 spiro atoms. The summed E-state index contributed by atoms with van der Waals surface area (Å²) in [7, 11) is 1.87. The van der Waals surface area contributed by atoms with Gasteiger partial charge in [-0.05, 0) is 37.1 Å². The first-order valence-corrected chi connectivity index (χ1v) is 8.14. The fraction of sp³-hybridized carbons (Fsp3) is 0.412. The van der Waals surface area contributed by atoms with Crippen molar-refractivity contribution in [1.29, 1.82) is 0 Å². The summed E-state index contributed by atoms with van der Waals surface area (Å²) in [4.78, 5) is 18.6. The quantitative estimate of drug-likeness (QED) is 0.939. The number of carbonyl (C=O) groups excluding carboxylic acids is 1. The second-order valence-electron chi connectivity index (χ2n) is 6.00. The summed E-state index contributed by atoms with van der Waals surface area (Å²) in [5.41, 5.74) is 0.626. The molecule has 0 radical (unpaired) electrons. The van der Waals surface area contributed by atoms with Gasteiger partial charge in [0.15, 0.2) is 0 Å². The molecule has 1 aromatic heterocycles. The van der Waals surface area contributed by atoms with Gasteiger partial charge in [0.2, 0.25) is 0 Å². The van der Waals surface area contributed by atoms with Gasteiger partial charge in [-0.1, -0.05) is 11.6 Å². The topological polar surface area (TPSA) is 58.4 Å². The van der Waals surface area contributed by atoms with Crippen LogP contribution in [0.3, 0.4) is 0 Å². The highest BCUT2D eigenvalue weighted by atomic mass is 35.5. The molecule has 0 saturated carbocycles. The first-order chi connectivity index (χ1) is 11.1. The number of benzene rings is 1. The summed E-state index contributed by atoms with van der Waals surface area (Å²) in [6.45, 7) is 1.25. The highest BCUT2D eigenvalue weighted by molar-refractivity contribution is 6.30. The van der Waals surface area contributed by atoms with Crippen molar-refractivity contribution >= 4 is 17.5 Å². The minimum absolute atomic E-state index is 0.00102. The smallest absolute Gasteiger partial charge is 0.253 e. The highest BCUT2D eigenvalue weighted by Crippen LogP contribution is 2.29. The average Bonchev–Trinajstić information content (AvgIpc) is 3.00. The van der Waals surface area contributed by atoms with E-state index in [1.807, 2.05) is 22.7 Å². The van der Waals surface area contributed by atoms with Gasteiger partial charge in [0, 0.05) is 49.0 Å². The molecule has 0 bridgehead atoms. The van der Waals surface area contributed by atoms with Crippen LogP contribution in [0.4, 0.5) is 0 Å². The summed E-state index contributed by atoms with van der Waals surface area (Å²) in [6, 6.07) is 6.92. The predicted octanol–water partition coefficient (Wildman–Crippen LogP) is 2.66. The van der Waals surface area contributed by atoms with Gasteiger partial charge < -0.3 is 14.6 Å². The van der Waals surface area contributed by atoms with Crippen molar-refractivity contribution in [2.24, 2.45) is 13.0 Å². The molecule has 2 aromatic rings. The predicted molar refractivity (Wildman–Crippen MR) is 88.2 cm³/mol. The number of aromatic nitrogens is 2. The van der Waals surface area contributed by atoms with Gasteiger partial charge in [-0.3, -0.25) is 4.79 Å². The highest BCUT2D eigenvalue weighted by Gasteiger charge is 2.31. The van der Waals surface area contributed by atoms with Crippen molar-refractivity contribution in [3.05, 3.63) is 53.1 Å². The Balaban J connectivity index is 1.72. The number of piperidine rings is 1. The zero-order valence-corrected chi connectivity index (χ0v) is 13.8. The minimum atomic E-state index is -0.657. The minimum Gasteiger partial charge on any atom is -0.385 e. The first-order valence-electron chi connectivity index (χ1n) is 7.76. The standard InChI is InChI=1S/C17H20ClN3O2/c1-20-10-8-19-16(20)15(22)13-3-2-9-21(11-13)17(23)12-4-6-14(18)7-5-12/h4-8,10,13,15,22H,2-3,9,11H2,1H3. The summed E-state index contributed by atoms with van der Waals surface area (Å²) < 4.78 is 1.82. The number of hydrogen-bond donors (Lipinski definition) is 1. The average molecular weight is 334 g/mol. The second kappa shape index (κ2) is 6.72. The van der Waals surface area contributed by atoms with E-state index in [0.717, 1.165) is 12.8 Å². The van der Waals surface area contributed by atoms with E-state index < -0.39 is 6.10 Å². The third-order valence-corrected chi connectivity index (χ3v) is 4.66. The molecule has 2 unspecified atom stereocenters. The summed E-state index contributed by atoms with van der Waals surface area (Å²) in [5, 5.41) is 11.2. The van der Waals surface area contributed by atoms with E-state index in [-0.39, 0.29) is 11.8 Å². The van der Waals surface area contributed by atoms with Crippen LogP contribution in [-0.2, 0) is 7.05 Å². The van der Waals surface area contributed by atoms with Crippen LogP contribution in [0.15, 0.2) is 36.7 Å². The van der Waals surface area contributed by atoms with Gasteiger partial charge in [0.25, 0.3) is 5.91 Å². The number of aliphatic hydroxyl groups is 1. The SMILES string of the molecule is Cn1ccnc1C(O)C1CCCN(C(=O)c2ccc(Cl)cc2)C1. The van der Waals surface area contributed by atoms with Crippen LogP contribution in [0, 0.1) is 5.92 Å². The third-order valence-electron chi connectivity index (χ3n) is 4.41. The number of hydrogen-bond acceptors (Lipinski definition) is 3. The van der Waals surface area contributed by atoms with Crippen molar-refractivity contribution in [2.45, 2.75) is 18.9 Å². The molecule has 1 amide bonds. The van der Waals surface area contributed by atoms with Crippen LogP contribution in [-0.4, -0.2) is 38.6 Å². The van der Waals surface area contributed by atoms with Crippen LogP contribution in [0.5, 0.6) is 0 Å². The molecule has 3 rings (SSSR count). The number of rotatable bonds is 3. The van der Waals surface area contributed by atoms with Crippen molar-refractivity contribution in [3.63, 3.8) is 0 Å². The fourth-order valence-corrected chi connectivity index (χ4v) is 3.23. The van der Waals surface area contributed by atoms with E-state index in [1.165, 1.54) is 0 Å². The zero-order chi connectivity index (χ0) is 16.4. The molecule has 1 saturated heterocycles. The van der Waals surface area contributed by atoms with Crippen LogP contribution in [0.25, 0.3) is 0 Å². The lowest BCUT2D eigenvalue weighted by molar-refractivity contribution is 0.0358. The number of nitrogens with zero attached hydrogens (tertiary/aromatic N) is 3. The van der Waals surface area contributed by atoms with Gasteiger partial charge in [0.1, 0.15) is 11.9 Å². The molecular formula is C17H20ClN3O2. The van der Waals surface area contributed by atoms with E-state index in [0.29, 0.717) is 29.5 Å². The Hall–Kier alpha value is -1.85. The molecule has 1 fully saturated rings. The van der Waals surface area contributed by atoms with Crippen LogP contribution < -0.4 is 0 Å². The lowest BCUT2D eigenvalue weighted by Gasteiger charge is -2.35. The Morgan fingerprint density at radius 1 is 1.39 bits per heavy atom.